The molecule has 1 aliphatic heterocycles. The summed E-state index contributed by atoms with van der Waals surface area (Å²) in [6.07, 6.45) is 3.56. The first kappa shape index (κ1) is 15.6. The number of hydrogen-bond donors (Lipinski definition) is 2. The van der Waals surface area contributed by atoms with E-state index in [1.54, 1.807) is 0 Å². The summed E-state index contributed by atoms with van der Waals surface area (Å²) in [5.41, 5.74) is 5.69. The molecule has 0 amide bonds. The van der Waals surface area contributed by atoms with Crippen LogP contribution in [0.25, 0.3) is 0 Å². The van der Waals surface area contributed by atoms with Gasteiger partial charge in [-0.15, -0.1) is 0 Å². The van der Waals surface area contributed by atoms with Crippen molar-refractivity contribution in [3.8, 4) is 0 Å². The van der Waals surface area contributed by atoms with Crippen molar-refractivity contribution in [3.63, 3.8) is 0 Å². The van der Waals surface area contributed by atoms with Crippen molar-refractivity contribution in [1.82, 2.24) is 9.13 Å². The van der Waals surface area contributed by atoms with Gasteiger partial charge in [0, 0.05) is 20.1 Å². The number of aromatic nitrogens is 2. The smallest absolute Gasteiger partial charge is 0.332 e. The molecule has 7 heteroatoms. The molecule has 1 atom stereocenters. The fraction of sp³-hybridized carbons (Fsp3) is 0.714. The number of anilines is 2. The van der Waals surface area contributed by atoms with E-state index in [2.05, 4.69) is 0 Å². The molecule has 0 spiro atoms. The number of rotatable bonds is 4. The van der Waals surface area contributed by atoms with E-state index in [-0.39, 0.29) is 29.7 Å². The molecular weight excluding hydrogens is 272 g/mol. The molecule has 1 unspecified atom stereocenters. The van der Waals surface area contributed by atoms with Gasteiger partial charge in [-0.3, -0.25) is 13.9 Å². The number of piperidine rings is 1. The van der Waals surface area contributed by atoms with Gasteiger partial charge in [-0.25, -0.2) is 4.79 Å². The van der Waals surface area contributed by atoms with E-state index in [1.165, 1.54) is 11.6 Å². The van der Waals surface area contributed by atoms with Crippen molar-refractivity contribution in [1.29, 1.82) is 0 Å². The monoisotopic (exact) mass is 296 g/mol. The minimum atomic E-state index is -0.388. The summed E-state index contributed by atoms with van der Waals surface area (Å²) < 4.78 is 2.55. The Morgan fingerprint density at radius 3 is 2.67 bits per heavy atom. The van der Waals surface area contributed by atoms with Crippen LogP contribution in [0, 0.1) is 0 Å². The van der Waals surface area contributed by atoms with E-state index in [0.717, 1.165) is 30.3 Å². The Bertz CT molecular complexity index is 620. The van der Waals surface area contributed by atoms with Crippen LogP contribution in [-0.4, -0.2) is 33.4 Å². The lowest BCUT2D eigenvalue weighted by atomic mass is 10.0. The summed E-state index contributed by atoms with van der Waals surface area (Å²) in [7, 11) is 1.47. The zero-order chi connectivity index (χ0) is 15.6. The third-order valence-corrected chi connectivity index (χ3v) is 4.13. The SMILES string of the molecule is CCCn1c(N)c(N2CCCCC2CO)c(=O)n(C)c1=O. The molecule has 2 rings (SSSR count). The van der Waals surface area contributed by atoms with E-state index in [0.29, 0.717) is 18.8 Å². The first-order chi connectivity index (χ1) is 10.0. The van der Waals surface area contributed by atoms with Crippen LogP contribution >= 0.6 is 0 Å². The third-order valence-electron chi connectivity index (χ3n) is 4.13. The first-order valence-electron chi connectivity index (χ1n) is 7.49. The lowest BCUT2D eigenvalue weighted by Gasteiger charge is -2.36. The number of aliphatic hydroxyl groups is 1. The number of nitrogen functional groups attached to an aromatic ring is 1. The molecule has 1 saturated heterocycles. The molecule has 1 fully saturated rings. The molecule has 1 aromatic heterocycles. The molecule has 118 valence electrons. The summed E-state index contributed by atoms with van der Waals surface area (Å²) in [6.45, 7) is 3.09. The molecule has 2 heterocycles. The van der Waals surface area contributed by atoms with Gasteiger partial charge in [0.25, 0.3) is 5.56 Å². The predicted octanol–water partition coefficient (Wildman–Crippen LogP) is -0.110. The average molecular weight is 296 g/mol. The van der Waals surface area contributed by atoms with Crippen LogP contribution in [0.5, 0.6) is 0 Å². The summed E-state index contributed by atoms with van der Waals surface area (Å²) in [4.78, 5) is 26.5. The van der Waals surface area contributed by atoms with Crippen LogP contribution in [0.4, 0.5) is 11.5 Å². The van der Waals surface area contributed by atoms with E-state index in [4.69, 9.17) is 5.73 Å². The normalized spacial score (nSPS) is 19.0. The highest BCUT2D eigenvalue weighted by Crippen LogP contribution is 2.25. The Kier molecular flexibility index (Phi) is 4.72. The van der Waals surface area contributed by atoms with Crippen molar-refractivity contribution in [3.05, 3.63) is 20.8 Å². The second kappa shape index (κ2) is 6.34. The van der Waals surface area contributed by atoms with Gasteiger partial charge in [-0.1, -0.05) is 6.92 Å². The van der Waals surface area contributed by atoms with Gasteiger partial charge < -0.3 is 15.7 Å². The minimum absolute atomic E-state index is 0.0184. The van der Waals surface area contributed by atoms with E-state index in [9.17, 15) is 14.7 Å². The molecule has 0 aliphatic carbocycles. The molecule has 3 N–H and O–H groups in total. The standard InChI is InChI=1S/C14H24N4O3/c1-3-7-18-12(15)11(13(20)16(2)14(18)21)17-8-5-4-6-10(17)9-19/h10,19H,3-9,15H2,1-2H3. The number of nitrogens with zero attached hydrogens (tertiary/aromatic N) is 3. The second-order valence-electron chi connectivity index (χ2n) is 5.56. The predicted molar refractivity (Wildman–Crippen MR) is 82.7 cm³/mol. The fourth-order valence-electron chi connectivity index (χ4n) is 2.96. The van der Waals surface area contributed by atoms with Gasteiger partial charge >= 0.3 is 5.69 Å². The quantitative estimate of drug-likeness (QED) is 0.808. The van der Waals surface area contributed by atoms with Gasteiger partial charge in [0.05, 0.1) is 12.6 Å². The van der Waals surface area contributed by atoms with Crippen LogP contribution in [0.15, 0.2) is 9.59 Å². The topological polar surface area (TPSA) is 93.5 Å². The van der Waals surface area contributed by atoms with E-state index in [1.807, 2.05) is 11.8 Å². The minimum Gasteiger partial charge on any atom is -0.394 e. The maximum absolute atomic E-state index is 12.5. The average Bonchev–Trinajstić information content (AvgIpc) is 2.50. The molecule has 21 heavy (non-hydrogen) atoms. The van der Waals surface area contributed by atoms with Crippen molar-refractivity contribution in [2.75, 3.05) is 23.8 Å². The molecule has 0 saturated carbocycles. The van der Waals surface area contributed by atoms with Crippen LogP contribution in [-0.2, 0) is 13.6 Å². The summed E-state index contributed by atoms with van der Waals surface area (Å²) in [6, 6.07) is -0.110. The molecule has 7 nitrogen and oxygen atoms in total. The highest BCUT2D eigenvalue weighted by molar-refractivity contribution is 5.63. The van der Waals surface area contributed by atoms with Crippen molar-refractivity contribution in [2.45, 2.75) is 45.2 Å². The fourth-order valence-corrected chi connectivity index (χ4v) is 2.96. The van der Waals surface area contributed by atoms with Crippen molar-refractivity contribution in [2.24, 2.45) is 7.05 Å². The lowest BCUT2D eigenvalue weighted by molar-refractivity contribution is 0.239. The number of hydrogen-bond acceptors (Lipinski definition) is 5. The first-order valence-corrected chi connectivity index (χ1v) is 7.49. The van der Waals surface area contributed by atoms with Crippen LogP contribution in [0.3, 0.4) is 0 Å². The molecule has 0 aromatic carbocycles. The zero-order valence-electron chi connectivity index (χ0n) is 12.7. The van der Waals surface area contributed by atoms with E-state index >= 15 is 0 Å². The Morgan fingerprint density at radius 1 is 1.33 bits per heavy atom. The van der Waals surface area contributed by atoms with Crippen molar-refractivity contribution >= 4 is 11.5 Å². The molecule has 1 aromatic rings. The highest BCUT2D eigenvalue weighted by Gasteiger charge is 2.28. The Labute approximate surface area is 123 Å². The van der Waals surface area contributed by atoms with Gasteiger partial charge in [0.2, 0.25) is 0 Å². The van der Waals surface area contributed by atoms with Gasteiger partial charge in [0.1, 0.15) is 11.5 Å². The summed E-state index contributed by atoms with van der Waals surface area (Å²) in [5.74, 6) is 0.213. The lowest BCUT2D eigenvalue weighted by Crippen LogP contribution is -2.49. The Hall–Kier alpha value is -1.76. The zero-order valence-corrected chi connectivity index (χ0v) is 12.7. The summed E-state index contributed by atoms with van der Waals surface area (Å²) >= 11 is 0. The largest absolute Gasteiger partial charge is 0.394 e. The molecule has 0 radical (unpaired) electrons. The molecule has 0 bridgehead atoms. The van der Waals surface area contributed by atoms with Gasteiger partial charge in [-0.05, 0) is 25.7 Å². The number of aliphatic hydroxyl groups excluding tert-OH is 1. The van der Waals surface area contributed by atoms with Gasteiger partial charge in [-0.2, -0.15) is 0 Å². The maximum atomic E-state index is 12.5. The maximum Gasteiger partial charge on any atom is 0.332 e. The highest BCUT2D eigenvalue weighted by atomic mass is 16.3. The van der Waals surface area contributed by atoms with Crippen LogP contribution in [0.1, 0.15) is 32.6 Å². The Morgan fingerprint density at radius 2 is 2.05 bits per heavy atom. The summed E-state index contributed by atoms with van der Waals surface area (Å²) in [5, 5.41) is 9.54. The molecular formula is C14H24N4O3. The van der Waals surface area contributed by atoms with Gasteiger partial charge in [0.15, 0.2) is 0 Å². The van der Waals surface area contributed by atoms with Crippen LogP contribution in [0.2, 0.25) is 0 Å². The van der Waals surface area contributed by atoms with E-state index < -0.39 is 0 Å². The van der Waals surface area contributed by atoms with Crippen LogP contribution < -0.4 is 21.9 Å². The number of nitrogens with two attached hydrogens (primary N) is 1. The van der Waals surface area contributed by atoms with Crippen molar-refractivity contribution < 1.29 is 5.11 Å². The third kappa shape index (κ3) is 2.70. The Balaban J connectivity index is 2.62. The second-order valence-corrected chi connectivity index (χ2v) is 5.56. The molecule has 1 aliphatic rings.